The number of carbonyl (C=O) groups excluding carboxylic acids is 1. The first-order valence-electron chi connectivity index (χ1n) is 7.38. The number of nitrogens with zero attached hydrogens (tertiary/aromatic N) is 1. The highest BCUT2D eigenvalue weighted by atomic mass is 79.9. The Morgan fingerprint density at radius 3 is 2.45 bits per heavy atom. The second kappa shape index (κ2) is 6.84. The fraction of sp³-hybridized carbons (Fsp3) is 0.278. The predicted molar refractivity (Wildman–Crippen MR) is 92.9 cm³/mol. The first-order valence-corrected chi connectivity index (χ1v) is 8.71. The van der Waals surface area contributed by atoms with Gasteiger partial charge in [0.15, 0.2) is 0 Å². The van der Waals surface area contributed by atoms with Gasteiger partial charge in [-0.25, -0.2) is 0 Å². The number of benzene rings is 2. The van der Waals surface area contributed by atoms with E-state index in [0.29, 0.717) is 12.3 Å². The molecule has 2 atom stereocenters. The van der Waals surface area contributed by atoms with Gasteiger partial charge in [-0.2, -0.15) is 0 Å². The summed E-state index contributed by atoms with van der Waals surface area (Å²) in [6, 6.07) is 18.3. The number of likely N-dealkylation sites (tertiary alicyclic amines) is 1. The van der Waals surface area contributed by atoms with Gasteiger partial charge in [-0.15, -0.1) is 11.6 Å². The molecule has 0 saturated carbocycles. The Bertz CT molecular complexity index is 644. The van der Waals surface area contributed by atoms with Crippen molar-refractivity contribution in [2.45, 2.75) is 24.9 Å². The average Bonchev–Trinajstić information content (AvgIpc) is 2.92. The minimum Gasteiger partial charge on any atom is -0.327 e. The van der Waals surface area contributed by atoms with E-state index >= 15 is 0 Å². The molecule has 0 aromatic heterocycles. The van der Waals surface area contributed by atoms with Gasteiger partial charge in [-0.05, 0) is 29.7 Å². The Labute approximate surface area is 144 Å². The predicted octanol–water partition coefficient (Wildman–Crippen LogP) is 5.09. The van der Waals surface area contributed by atoms with Crippen molar-refractivity contribution in [2.24, 2.45) is 0 Å². The molecule has 1 heterocycles. The standard InChI is InChI=1S/C18H17BrClNO/c19-15-8-6-14(7-9-15)16-10-11-18(22)21(16)17(12-20)13-4-2-1-3-5-13/h1-9,16-17H,10-12H2/t16-,17-/m1/s1. The van der Waals surface area contributed by atoms with Crippen LogP contribution < -0.4 is 0 Å². The van der Waals surface area contributed by atoms with Gasteiger partial charge < -0.3 is 4.90 Å². The van der Waals surface area contributed by atoms with E-state index in [4.69, 9.17) is 11.6 Å². The van der Waals surface area contributed by atoms with Crippen LogP contribution in [0.3, 0.4) is 0 Å². The van der Waals surface area contributed by atoms with Gasteiger partial charge in [0.2, 0.25) is 5.91 Å². The molecule has 3 rings (SSSR count). The molecule has 1 aliphatic rings. The molecule has 0 N–H and O–H groups in total. The van der Waals surface area contributed by atoms with E-state index in [1.807, 2.05) is 47.4 Å². The monoisotopic (exact) mass is 377 g/mol. The molecule has 1 amide bonds. The van der Waals surface area contributed by atoms with Gasteiger partial charge >= 0.3 is 0 Å². The maximum atomic E-state index is 12.5. The number of hydrogen-bond donors (Lipinski definition) is 0. The van der Waals surface area contributed by atoms with Gasteiger partial charge in [-0.3, -0.25) is 4.79 Å². The average molecular weight is 379 g/mol. The van der Waals surface area contributed by atoms with Crippen molar-refractivity contribution < 1.29 is 4.79 Å². The zero-order valence-electron chi connectivity index (χ0n) is 12.1. The molecule has 1 aliphatic heterocycles. The number of halogens is 2. The summed E-state index contributed by atoms with van der Waals surface area (Å²) in [7, 11) is 0. The van der Waals surface area contributed by atoms with Crippen LogP contribution in [0.25, 0.3) is 0 Å². The first kappa shape index (κ1) is 15.6. The summed E-state index contributed by atoms with van der Waals surface area (Å²) in [5.41, 5.74) is 2.26. The molecule has 0 aliphatic carbocycles. The second-order valence-corrected chi connectivity index (χ2v) is 6.71. The minimum absolute atomic E-state index is 0.0773. The van der Waals surface area contributed by atoms with E-state index in [-0.39, 0.29) is 18.0 Å². The van der Waals surface area contributed by atoms with Gasteiger partial charge in [-0.1, -0.05) is 58.4 Å². The Hall–Kier alpha value is -1.32. The number of rotatable bonds is 4. The molecule has 0 unspecified atom stereocenters. The van der Waals surface area contributed by atoms with E-state index in [0.717, 1.165) is 16.5 Å². The van der Waals surface area contributed by atoms with Crippen LogP contribution in [0.2, 0.25) is 0 Å². The van der Waals surface area contributed by atoms with Crippen molar-refractivity contribution in [1.82, 2.24) is 4.90 Å². The smallest absolute Gasteiger partial charge is 0.223 e. The lowest BCUT2D eigenvalue weighted by atomic mass is 10.0. The van der Waals surface area contributed by atoms with Crippen molar-refractivity contribution in [3.05, 3.63) is 70.2 Å². The van der Waals surface area contributed by atoms with Crippen molar-refractivity contribution in [3.63, 3.8) is 0 Å². The molecule has 0 radical (unpaired) electrons. The normalized spacial score (nSPS) is 19.5. The molecule has 1 fully saturated rings. The topological polar surface area (TPSA) is 20.3 Å². The lowest BCUT2D eigenvalue weighted by Gasteiger charge is -2.33. The van der Waals surface area contributed by atoms with Crippen molar-refractivity contribution >= 4 is 33.4 Å². The van der Waals surface area contributed by atoms with Crippen molar-refractivity contribution in [3.8, 4) is 0 Å². The highest BCUT2D eigenvalue weighted by Gasteiger charge is 2.37. The lowest BCUT2D eigenvalue weighted by Crippen LogP contribution is -2.33. The minimum atomic E-state index is -0.0773. The SMILES string of the molecule is O=C1CC[C@H](c2ccc(Br)cc2)N1[C@H](CCl)c1ccccc1. The van der Waals surface area contributed by atoms with Gasteiger partial charge in [0.1, 0.15) is 0 Å². The Balaban J connectivity index is 1.94. The summed E-state index contributed by atoms with van der Waals surface area (Å²) >= 11 is 9.68. The third-order valence-electron chi connectivity index (χ3n) is 4.18. The molecule has 2 aromatic carbocycles. The van der Waals surface area contributed by atoms with E-state index in [9.17, 15) is 4.79 Å². The summed E-state index contributed by atoms with van der Waals surface area (Å²) in [5.74, 6) is 0.588. The van der Waals surface area contributed by atoms with Gasteiger partial charge in [0.25, 0.3) is 0 Å². The fourth-order valence-electron chi connectivity index (χ4n) is 3.10. The molecule has 2 aromatic rings. The Morgan fingerprint density at radius 1 is 1.14 bits per heavy atom. The molecular weight excluding hydrogens is 362 g/mol. The quantitative estimate of drug-likeness (QED) is 0.678. The van der Waals surface area contributed by atoms with Crippen LogP contribution in [0.4, 0.5) is 0 Å². The number of hydrogen-bond acceptors (Lipinski definition) is 1. The summed E-state index contributed by atoms with van der Waals surface area (Å²) in [6.45, 7) is 0. The number of carbonyl (C=O) groups is 1. The molecule has 4 heteroatoms. The van der Waals surface area contributed by atoms with E-state index in [1.165, 1.54) is 5.56 Å². The highest BCUT2D eigenvalue weighted by molar-refractivity contribution is 9.10. The summed E-state index contributed by atoms with van der Waals surface area (Å²) in [6.07, 6.45) is 1.43. The molecule has 0 bridgehead atoms. The number of amides is 1. The largest absolute Gasteiger partial charge is 0.327 e. The molecular formula is C18H17BrClNO. The third-order valence-corrected chi connectivity index (χ3v) is 5.00. The van der Waals surface area contributed by atoms with Crippen LogP contribution >= 0.6 is 27.5 Å². The van der Waals surface area contributed by atoms with Crippen LogP contribution in [0, 0.1) is 0 Å². The lowest BCUT2D eigenvalue weighted by molar-refractivity contribution is -0.131. The van der Waals surface area contributed by atoms with Crippen LogP contribution in [-0.4, -0.2) is 16.7 Å². The molecule has 22 heavy (non-hydrogen) atoms. The maximum absolute atomic E-state index is 12.5. The zero-order valence-corrected chi connectivity index (χ0v) is 14.4. The molecule has 1 saturated heterocycles. The summed E-state index contributed by atoms with van der Waals surface area (Å²) in [4.78, 5) is 14.4. The summed E-state index contributed by atoms with van der Waals surface area (Å²) in [5, 5.41) is 0. The molecule has 2 nitrogen and oxygen atoms in total. The van der Waals surface area contributed by atoms with Crippen molar-refractivity contribution in [2.75, 3.05) is 5.88 Å². The summed E-state index contributed by atoms with van der Waals surface area (Å²) < 4.78 is 1.05. The first-order chi connectivity index (χ1) is 10.7. The Kier molecular flexibility index (Phi) is 4.84. The number of alkyl halides is 1. The van der Waals surface area contributed by atoms with Gasteiger partial charge in [0, 0.05) is 16.8 Å². The van der Waals surface area contributed by atoms with E-state index in [2.05, 4.69) is 28.1 Å². The van der Waals surface area contributed by atoms with E-state index < -0.39 is 0 Å². The Morgan fingerprint density at radius 2 is 1.82 bits per heavy atom. The van der Waals surface area contributed by atoms with Crippen LogP contribution in [-0.2, 0) is 4.79 Å². The van der Waals surface area contributed by atoms with Crippen LogP contribution in [0.1, 0.15) is 36.1 Å². The maximum Gasteiger partial charge on any atom is 0.223 e. The third kappa shape index (κ3) is 3.06. The van der Waals surface area contributed by atoms with E-state index in [1.54, 1.807) is 0 Å². The van der Waals surface area contributed by atoms with Crippen LogP contribution in [0.5, 0.6) is 0 Å². The zero-order chi connectivity index (χ0) is 15.5. The highest BCUT2D eigenvalue weighted by Crippen LogP contribution is 2.40. The second-order valence-electron chi connectivity index (χ2n) is 5.49. The van der Waals surface area contributed by atoms with Gasteiger partial charge in [0.05, 0.1) is 12.1 Å². The molecule has 114 valence electrons. The van der Waals surface area contributed by atoms with Crippen molar-refractivity contribution in [1.29, 1.82) is 0 Å². The molecule has 0 spiro atoms. The van der Waals surface area contributed by atoms with Crippen LogP contribution in [0.15, 0.2) is 59.1 Å². The fourth-order valence-corrected chi connectivity index (χ4v) is 3.70.